The number of thioether (sulfide) groups is 1. The van der Waals surface area contributed by atoms with E-state index in [4.69, 9.17) is 23.2 Å². The lowest BCUT2D eigenvalue weighted by Gasteiger charge is -2.28. The minimum atomic E-state index is -4.61. The van der Waals surface area contributed by atoms with Crippen LogP contribution in [-0.4, -0.2) is 48.8 Å². The number of halogens is 5. The van der Waals surface area contributed by atoms with Gasteiger partial charge in [-0.3, -0.25) is 9.79 Å². The third kappa shape index (κ3) is 5.42. The number of carbonyl (C=O) groups excluding carboxylic acids is 1. The van der Waals surface area contributed by atoms with Gasteiger partial charge in [-0.25, -0.2) is 8.42 Å². The first-order chi connectivity index (χ1) is 15.4. The highest BCUT2D eigenvalue weighted by atomic mass is 35.5. The fraction of sp³-hybridized carbons (Fsp3) is 0.300. The minimum Gasteiger partial charge on any atom is -0.325 e. The standard InChI is InChI=1S/C20H16Cl2F3N3O3S2/c21-12-2-1-3-13(7-12)26-18(29)8-32-19-27-15-9-33(30,31)10-17(15)28(19)16-6-11(20(23,24)25)4-5-14(16)22/h1-7,15,17H,8-10H2,(H,26,29)/t15-,17+/m0/s1. The second kappa shape index (κ2) is 9.01. The van der Waals surface area contributed by atoms with Crippen LogP contribution in [0, 0.1) is 0 Å². The van der Waals surface area contributed by atoms with Gasteiger partial charge in [-0.1, -0.05) is 41.0 Å². The fourth-order valence-electron chi connectivity index (χ4n) is 3.68. The van der Waals surface area contributed by atoms with Gasteiger partial charge in [-0.15, -0.1) is 0 Å². The molecule has 13 heteroatoms. The number of carbonyl (C=O) groups is 1. The monoisotopic (exact) mass is 537 g/mol. The Morgan fingerprint density at radius 1 is 1.18 bits per heavy atom. The average Bonchev–Trinajstić information content (AvgIpc) is 3.17. The molecule has 0 aromatic heterocycles. The summed E-state index contributed by atoms with van der Waals surface area (Å²) in [5, 5.41) is 3.38. The third-order valence-corrected chi connectivity index (χ3v) is 8.30. The maximum Gasteiger partial charge on any atom is 0.416 e. The number of amides is 1. The van der Waals surface area contributed by atoms with Crippen LogP contribution in [0.4, 0.5) is 24.5 Å². The number of nitrogens with one attached hydrogen (secondary N) is 1. The second-order valence-electron chi connectivity index (χ2n) is 7.50. The Morgan fingerprint density at radius 3 is 2.64 bits per heavy atom. The van der Waals surface area contributed by atoms with Crippen LogP contribution in [0.5, 0.6) is 0 Å². The van der Waals surface area contributed by atoms with E-state index in [9.17, 15) is 26.4 Å². The molecule has 2 aromatic carbocycles. The van der Waals surface area contributed by atoms with E-state index in [1.54, 1.807) is 24.3 Å². The summed E-state index contributed by atoms with van der Waals surface area (Å²) < 4.78 is 64.2. The van der Waals surface area contributed by atoms with Crippen LogP contribution in [0.15, 0.2) is 47.5 Å². The van der Waals surface area contributed by atoms with Crippen LogP contribution < -0.4 is 10.2 Å². The molecule has 0 bridgehead atoms. The van der Waals surface area contributed by atoms with Gasteiger partial charge in [0, 0.05) is 10.7 Å². The highest BCUT2D eigenvalue weighted by molar-refractivity contribution is 8.14. The van der Waals surface area contributed by atoms with Gasteiger partial charge in [0.1, 0.15) is 0 Å². The predicted octanol–water partition coefficient (Wildman–Crippen LogP) is 4.73. The molecule has 2 aliphatic heterocycles. The summed E-state index contributed by atoms with van der Waals surface area (Å²) in [6, 6.07) is 8.05. The Kier molecular flexibility index (Phi) is 6.60. The van der Waals surface area contributed by atoms with Gasteiger partial charge in [0.2, 0.25) is 5.91 Å². The van der Waals surface area contributed by atoms with E-state index in [0.29, 0.717) is 10.7 Å². The van der Waals surface area contributed by atoms with Crippen molar-refractivity contribution in [2.24, 2.45) is 4.99 Å². The van der Waals surface area contributed by atoms with E-state index in [1.807, 2.05) is 0 Å². The molecule has 0 aliphatic carbocycles. The summed E-state index contributed by atoms with van der Waals surface area (Å²) >= 11 is 13.1. The smallest absolute Gasteiger partial charge is 0.325 e. The number of anilines is 2. The maximum absolute atomic E-state index is 13.3. The minimum absolute atomic E-state index is 0.00223. The molecule has 0 spiro atoms. The summed E-state index contributed by atoms with van der Waals surface area (Å²) in [4.78, 5) is 18.2. The molecule has 1 fully saturated rings. The molecular formula is C20H16Cl2F3N3O3S2. The normalized spacial score (nSPS) is 21.6. The zero-order valence-electron chi connectivity index (χ0n) is 16.6. The molecule has 1 N–H and O–H groups in total. The molecule has 1 amide bonds. The van der Waals surface area contributed by atoms with Crippen LogP contribution in [0.25, 0.3) is 0 Å². The third-order valence-electron chi connectivity index (χ3n) is 5.08. The number of rotatable bonds is 4. The van der Waals surface area contributed by atoms with E-state index >= 15 is 0 Å². The number of amidine groups is 1. The largest absolute Gasteiger partial charge is 0.416 e. The number of benzene rings is 2. The SMILES string of the molecule is O=C(CSC1=N[C@H]2CS(=O)(=O)C[C@H]2N1c1cc(C(F)(F)F)ccc1Cl)Nc1cccc(Cl)c1. The Labute approximate surface area is 202 Å². The summed E-state index contributed by atoms with van der Waals surface area (Å²) in [6.45, 7) is 0. The van der Waals surface area contributed by atoms with Crippen molar-refractivity contribution in [3.63, 3.8) is 0 Å². The van der Waals surface area contributed by atoms with E-state index in [0.717, 1.165) is 30.0 Å². The quantitative estimate of drug-likeness (QED) is 0.610. The van der Waals surface area contributed by atoms with Crippen LogP contribution in [0.3, 0.4) is 0 Å². The lowest BCUT2D eigenvalue weighted by atomic mass is 10.1. The van der Waals surface area contributed by atoms with E-state index < -0.39 is 33.7 Å². The molecule has 0 saturated carbocycles. The number of aliphatic imine (C=N–C) groups is 1. The van der Waals surface area contributed by atoms with Crippen LogP contribution in [0.1, 0.15) is 5.56 Å². The second-order valence-corrected chi connectivity index (χ2v) is 11.4. The zero-order chi connectivity index (χ0) is 24.0. The predicted molar refractivity (Wildman–Crippen MR) is 125 cm³/mol. The highest BCUT2D eigenvalue weighted by Gasteiger charge is 2.48. The molecule has 2 aromatic rings. The summed E-state index contributed by atoms with van der Waals surface area (Å²) in [5.74, 6) is -0.981. The summed E-state index contributed by atoms with van der Waals surface area (Å²) in [6.07, 6.45) is -4.61. The Balaban J connectivity index is 1.59. The molecule has 4 rings (SSSR count). The van der Waals surface area contributed by atoms with Crippen LogP contribution >= 0.6 is 35.0 Å². The molecular weight excluding hydrogens is 522 g/mol. The molecule has 2 aliphatic rings. The van der Waals surface area contributed by atoms with E-state index in [-0.39, 0.29) is 39.0 Å². The lowest BCUT2D eigenvalue weighted by molar-refractivity contribution is -0.137. The van der Waals surface area contributed by atoms with Gasteiger partial charge in [0.15, 0.2) is 15.0 Å². The van der Waals surface area contributed by atoms with E-state index in [2.05, 4.69) is 10.3 Å². The number of sulfone groups is 1. The van der Waals surface area contributed by atoms with Crippen molar-refractivity contribution < 1.29 is 26.4 Å². The van der Waals surface area contributed by atoms with E-state index in [1.165, 1.54) is 4.90 Å². The van der Waals surface area contributed by atoms with Crippen molar-refractivity contribution in [3.8, 4) is 0 Å². The molecule has 0 radical (unpaired) electrons. The summed E-state index contributed by atoms with van der Waals surface area (Å²) in [7, 11) is -3.41. The Hall–Kier alpha value is -1.95. The average molecular weight is 538 g/mol. The fourth-order valence-corrected chi connectivity index (χ4v) is 6.84. The first-order valence-electron chi connectivity index (χ1n) is 9.55. The molecule has 1 saturated heterocycles. The van der Waals surface area contributed by atoms with Crippen molar-refractivity contribution >= 4 is 67.3 Å². The number of nitrogens with zero attached hydrogens (tertiary/aromatic N) is 2. The van der Waals surface area contributed by atoms with Crippen LogP contribution in [-0.2, 0) is 20.8 Å². The Bertz CT molecular complexity index is 1240. The highest BCUT2D eigenvalue weighted by Crippen LogP contribution is 2.41. The zero-order valence-corrected chi connectivity index (χ0v) is 19.8. The van der Waals surface area contributed by atoms with Crippen LogP contribution in [0.2, 0.25) is 10.0 Å². The van der Waals surface area contributed by atoms with Gasteiger partial charge in [-0.2, -0.15) is 13.2 Å². The van der Waals surface area contributed by atoms with Gasteiger partial charge in [0.25, 0.3) is 0 Å². The first-order valence-corrected chi connectivity index (χ1v) is 13.1. The number of hydrogen-bond donors (Lipinski definition) is 1. The topological polar surface area (TPSA) is 78.8 Å². The van der Waals surface area contributed by atoms with Crippen molar-refractivity contribution in [2.45, 2.75) is 18.3 Å². The summed E-state index contributed by atoms with van der Waals surface area (Å²) in [5.41, 5.74) is -0.436. The van der Waals surface area contributed by atoms with Gasteiger partial charge in [-0.05, 0) is 36.4 Å². The Morgan fingerprint density at radius 2 is 1.94 bits per heavy atom. The molecule has 33 heavy (non-hydrogen) atoms. The molecule has 2 heterocycles. The van der Waals surface area contributed by atoms with Gasteiger partial charge >= 0.3 is 6.18 Å². The maximum atomic E-state index is 13.3. The number of hydrogen-bond acceptors (Lipinski definition) is 6. The molecule has 176 valence electrons. The molecule has 6 nitrogen and oxygen atoms in total. The molecule has 2 atom stereocenters. The van der Waals surface area contributed by atoms with Crippen molar-refractivity contribution in [1.29, 1.82) is 0 Å². The van der Waals surface area contributed by atoms with Crippen molar-refractivity contribution in [2.75, 3.05) is 27.5 Å². The first kappa shape index (κ1) is 24.2. The van der Waals surface area contributed by atoms with Crippen molar-refractivity contribution in [3.05, 3.63) is 58.1 Å². The lowest BCUT2D eigenvalue weighted by Crippen LogP contribution is -2.39. The van der Waals surface area contributed by atoms with Gasteiger partial charge in [0.05, 0.1) is 45.6 Å². The van der Waals surface area contributed by atoms with Gasteiger partial charge < -0.3 is 10.2 Å². The number of fused-ring (bicyclic) bond motifs is 1. The molecule has 0 unspecified atom stereocenters. The van der Waals surface area contributed by atoms with Crippen molar-refractivity contribution in [1.82, 2.24) is 0 Å². The number of alkyl halides is 3.